The van der Waals surface area contributed by atoms with Crippen LogP contribution in [-0.4, -0.2) is 31.4 Å². The van der Waals surface area contributed by atoms with Crippen LogP contribution in [0.5, 0.6) is 0 Å². The number of hydrogen-bond donors (Lipinski definition) is 0. The zero-order valence-electron chi connectivity index (χ0n) is 9.33. The van der Waals surface area contributed by atoms with E-state index in [-0.39, 0.29) is 17.2 Å². The van der Waals surface area contributed by atoms with E-state index in [1.807, 2.05) is 0 Å². The van der Waals surface area contributed by atoms with Gasteiger partial charge in [-0.1, -0.05) is 19.1 Å². The number of rotatable bonds is 3. The Labute approximate surface area is 99.8 Å². The molecule has 0 atom stereocenters. The fourth-order valence-corrected chi connectivity index (χ4v) is 2.88. The van der Waals surface area contributed by atoms with E-state index in [4.69, 9.17) is 0 Å². The molecule has 0 bridgehead atoms. The van der Waals surface area contributed by atoms with Crippen LogP contribution in [0.1, 0.15) is 13.3 Å². The van der Waals surface area contributed by atoms with Crippen molar-refractivity contribution in [1.29, 1.82) is 0 Å². The topological polar surface area (TPSA) is 66.8 Å². The standard InChI is InChI=1S/C11H12N2O3S/c1-2-9(14)7-13-8-12-10-5-3-4-6-11(10)17(13,15)16/h3-6,8H,2,7H2,1H3. The summed E-state index contributed by atoms with van der Waals surface area (Å²) in [4.78, 5) is 15.5. The average molecular weight is 252 g/mol. The maximum absolute atomic E-state index is 12.1. The van der Waals surface area contributed by atoms with E-state index in [0.29, 0.717) is 12.1 Å². The molecule has 0 amide bonds. The average Bonchev–Trinajstić information content (AvgIpc) is 2.33. The van der Waals surface area contributed by atoms with Crippen LogP contribution in [0.15, 0.2) is 34.2 Å². The summed E-state index contributed by atoms with van der Waals surface area (Å²) >= 11 is 0. The van der Waals surface area contributed by atoms with Crippen molar-refractivity contribution >= 4 is 27.8 Å². The number of carbonyl (C=O) groups excluding carboxylic acids is 1. The van der Waals surface area contributed by atoms with E-state index in [9.17, 15) is 13.2 Å². The molecule has 0 aliphatic carbocycles. The van der Waals surface area contributed by atoms with Gasteiger partial charge in [-0.15, -0.1) is 0 Å². The zero-order valence-corrected chi connectivity index (χ0v) is 10.1. The van der Waals surface area contributed by atoms with Gasteiger partial charge < -0.3 is 0 Å². The largest absolute Gasteiger partial charge is 0.298 e. The molecule has 1 aliphatic heterocycles. The zero-order chi connectivity index (χ0) is 12.5. The molecule has 0 saturated carbocycles. The minimum absolute atomic E-state index is 0.139. The lowest BCUT2D eigenvalue weighted by Crippen LogP contribution is -2.36. The van der Waals surface area contributed by atoms with Crippen LogP contribution in [0.4, 0.5) is 5.69 Å². The monoisotopic (exact) mass is 252 g/mol. The number of aliphatic imine (C=N–C) groups is 1. The summed E-state index contributed by atoms with van der Waals surface area (Å²) in [7, 11) is -3.62. The van der Waals surface area contributed by atoms with E-state index in [0.717, 1.165) is 4.31 Å². The van der Waals surface area contributed by atoms with Crippen LogP contribution in [0.2, 0.25) is 0 Å². The third-order valence-corrected chi connectivity index (χ3v) is 4.25. The van der Waals surface area contributed by atoms with E-state index >= 15 is 0 Å². The first-order valence-electron chi connectivity index (χ1n) is 5.22. The van der Waals surface area contributed by atoms with Gasteiger partial charge in [0.1, 0.15) is 11.2 Å². The molecule has 1 aliphatic rings. The highest BCUT2D eigenvalue weighted by atomic mass is 32.2. The highest BCUT2D eigenvalue weighted by Crippen LogP contribution is 2.29. The van der Waals surface area contributed by atoms with Crippen LogP contribution in [-0.2, 0) is 14.8 Å². The Morgan fingerprint density at radius 3 is 2.76 bits per heavy atom. The fraction of sp³-hybridized carbons (Fsp3) is 0.273. The molecular formula is C11H12N2O3S. The Bertz CT molecular complexity index is 578. The van der Waals surface area contributed by atoms with E-state index in [2.05, 4.69) is 4.99 Å². The lowest BCUT2D eigenvalue weighted by Gasteiger charge is -2.23. The molecule has 0 saturated heterocycles. The summed E-state index contributed by atoms with van der Waals surface area (Å²) in [5.41, 5.74) is 0.410. The Morgan fingerprint density at radius 2 is 2.06 bits per heavy atom. The molecule has 0 aromatic heterocycles. The van der Waals surface area contributed by atoms with Gasteiger partial charge in [-0.3, -0.25) is 4.79 Å². The van der Waals surface area contributed by atoms with Crippen LogP contribution in [0.3, 0.4) is 0 Å². The predicted molar refractivity (Wildman–Crippen MR) is 63.8 cm³/mol. The Balaban J connectivity index is 2.41. The van der Waals surface area contributed by atoms with Crippen molar-refractivity contribution in [2.75, 3.05) is 6.54 Å². The third kappa shape index (κ3) is 2.08. The lowest BCUT2D eigenvalue weighted by atomic mass is 10.3. The summed E-state index contributed by atoms with van der Waals surface area (Å²) in [6.07, 6.45) is 1.51. The third-order valence-electron chi connectivity index (χ3n) is 2.50. The lowest BCUT2D eigenvalue weighted by molar-refractivity contribution is -0.118. The van der Waals surface area contributed by atoms with Gasteiger partial charge >= 0.3 is 0 Å². The van der Waals surface area contributed by atoms with Crippen molar-refractivity contribution in [2.24, 2.45) is 4.99 Å². The highest BCUT2D eigenvalue weighted by Gasteiger charge is 2.29. The first-order valence-corrected chi connectivity index (χ1v) is 6.66. The van der Waals surface area contributed by atoms with Crippen LogP contribution in [0, 0.1) is 0 Å². The number of Topliss-reactive ketones (excluding diaryl/α,β-unsaturated/α-hetero) is 1. The molecule has 5 nitrogen and oxygen atoms in total. The number of sulfonamides is 1. The summed E-state index contributed by atoms with van der Waals surface area (Å²) in [6, 6.07) is 6.47. The second-order valence-corrected chi connectivity index (χ2v) is 5.51. The minimum Gasteiger partial charge on any atom is -0.298 e. The van der Waals surface area contributed by atoms with Crippen molar-refractivity contribution in [1.82, 2.24) is 4.31 Å². The number of ketones is 1. The highest BCUT2D eigenvalue weighted by molar-refractivity contribution is 7.89. The van der Waals surface area contributed by atoms with Gasteiger partial charge in [0, 0.05) is 6.42 Å². The molecule has 0 N–H and O–H groups in total. The normalized spacial score (nSPS) is 16.6. The van der Waals surface area contributed by atoms with Crippen molar-refractivity contribution in [3.05, 3.63) is 24.3 Å². The first kappa shape index (κ1) is 11.8. The van der Waals surface area contributed by atoms with E-state index in [1.165, 1.54) is 12.4 Å². The smallest absolute Gasteiger partial charge is 0.267 e. The van der Waals surface area contributed by atoms with Crippen LogP contribution < -0.4 is 0 Å². The van der Waals surface area contributed by atoms with Crippen LogP contribution in [0.25, 0.3) is 0 Å². The summed E-state index contributed by atoms with van der Waals surface area (Å²) < 4.78 is 25.3. The second kappa shape index (κ2) is 4.29. The molecule has 0 radical (unpaired) electrons. The van der Waals surface area contributed by atoms with Gasteiger partial charge in [0.2, 0.25) is 0 Å². The number of benzene rings is 1. The number of hydrogen-bond acceptors (Lipinski definition) is 4. The molecule has 0 unspecified atom stereocenters. The second-order valence-electron chi connectivity index (χ2n) is 3.65. The Kier molecular flexibility index (Phi) is 2.97. The van der Waals surface area contributed by atoms with Crippen LogP contribution >= 0.6 is 0 Å². The molecule has 0 spiro atoms. The maximum Gasteiger partial charge on any atom is 0.267 e. The number of carbonyl (C=O) groups is 1. The number of para-hydroxylation sites is 1. The van der Waals surface area contributed by atoms with Crippen molar-refractivity contribution in [2.45, 2.75) is 18.2 Å². The van der Waals surface area contributed by atoms with Crippen molar-refractivity contribution < 1.29 is 13.2 Å². The molecule has 17 heavy (non-hydrogen) atoms. The van der Waals surface area contributed by atoms with Gasteiger partial charge in [-0.05, 0) is 12.1 Å². The predicted octanol–water partition coefficient (Wildman–Crippen LogP) is 1.33. The summed E-state index contributed by atoms with van der Waals surface area (Å²) in [5, 5.41) is 0. The fourth-order valence-electron chi connectivity index (χ4n) is 1.51. The number of nitrogens with zero attached hydrogens (tertiary/aromatic N) is 2. The Hall–Kier alpha value is -1.69. The van der Waals surface area contributed by atoms with Crippen molar-refractivity contribution in [3.63, 3.8) is 0 Å². The molecule has 1 aromatic carbocycles. The minimum atomic E-state index is -3.62. The quantitative estimate of drug-likeness (QED) is 0.815. The van der Waals surface area contributed by atoms with Gasteiger partial charge in [-0.25, -0.2) is 17.7 Å². The molecule has 1 aromatic rings. The molecule has 6 heteroatoms. The van der Waals surface area contributed by atoms with Gasteiger partial charge in [0.15, 0.2) is 5.78 Å². The summed E-state index contributed by atoms with van der Waals surface area (Å²) in [5.74, 6) is -0.139. The van der Waals surface area contributed by atoms with Gasteiger partial charge in [0.25, 0.3) is 10.0 Å². The van der Waals surface area contributed by atoms with E-state index in [1.54, 1.807) is 25.1 Å². The Morgan fingerprint density at radius 1 is 1.35 bits per heavy atom. The molecule has 0 fully saturated rings. The first-order chi connectivity index (χ1) is 8.05. The molecule has 2 rings (SSSR count). The summed E-state index contributed by atoms with van der Waals surface area (Å²) in [6.45, 7) is 1.54. The molecule has 90 valence electrons. The van der Waals surface area contributed by atoms with Gasteiger partial charge in [-0.2, -0.15) is 0 Å². The SMILES string of the molecule is CCC(=O)CN1C=Nc2ccccc2S1(=O)=O. The number of fused-ring (bicyclic) bond motifs is 1. The van der Waals surface area contributed by atoms with E-state index < -0.39 is 10.0 Å². The molecular weight excluding hydrogens is 240 g/mol. The van der Waals surface area contributed by atoms with Gasteiger partial charge in [0.05, 0.1) is 12.2 Å². The molecule has 1 heterocycles. The maximum atomic E-state index is 12.1. The van der Waals surface area contributed by atoms with Crippen molar-refractivity contribution in [3.8, 4) is 0 Å².